The Bertz CT molecular complexity index is 423. The van der Waals surface area contributed by atoms with Gasteiger partial charge in [0.05, 0.1) is 0 Å². The summed E-state index contributed by atoms with van der Waals surface area (Å²) in [6, 6.07) is 3.41. The van der Waals surface area contributed by atoms with Gasteiger partial charge in [-0.1, -0.05) is 6.07 Å². The average Bonchev–Trinajstić information content (AvgIpc) is 2.78. The van der Waals surface area contributed by atoms with Crippen molar-refractivity contribution in [3.05, 3.63) is 22.4 Å². The Hall–Kier alpha value is -1.49. The highest BCUT2D eigenvalue weighted by molar-refractivity contribution is 7.10. The standard InChI is InChI=1S/C10H10N2O2S/c1-2-12-9(13)8(11-10(12)14)6-7-4-3-5-15-7/h3-5H,2,6H2,1H3. The molecule has 5 heteroatoms. The van der Waals surface area contributed by atoms with Crippen LogP contribution in [0.3, 0.4) is 0 Å². The van der Waals surface area contributed by atoms with Gasteiger partial charge in [-0.25, -0.2) is 4.79 Å². The van der Waals surface area contributed by atoms with Gasteiger partial charge in [-0.15, -0.1) is 11.3 Å². The maximum atomic E-state index is 11.7. The highest BCUT2D eigenvalue weighted by Crippen LogP contribution is 2.14. The summed E-state index contributed by atoms with van der Waals surface area (Å²) in [5, 5.41) is 1.94. The highest BCUT2D eigenvalue weighted by atomic mass is 32.1. The van der Waals surface area contributed by atoms with Crippen molar-refractivity contribution in [2.45, 2.75) is 13.3 Å². The highest BCUT2D eigenvalue weighted by Gasteiger charge is 2.31. The van der Waals surface area contributed by atoms with E-state index in [4.69, 9.17) is 0 Å². The maximum Gasteiger partial charge on any atom is 0.350 e. The van der Waals surface area contributed by atoms with Crippen LogP contribution in [0, 0.1) is 0 Å². The van der Waals surface area contributed by atoms with Gasteiger partial charge in [-0.2, -0.15) is 4.99 Å². The summed E-state index contributed by atoms with van der Waals surface area (Å²) in [7, 11) is 0. The molecule has 1 aromatic heterocycles. The first kappa shape index (κ1) is 10.0. The number of thiophene rings is 1. The summed E-state index contributed by atoms with van der Waals surface area (Å²) in [5.74, 6) is -0.254. The van der Waals surface area contributed by atoms with Gasteiger partial charge < -0.3 is 0 Å². The zero-order valence-electron chi connectivity index (χ0n) is 8.27. The Morgan fingerprint density at radius 1 is 1.47 bits per heavy atom. The predicted octanol–water partition coefficient (Wildman–Crippen LogP) is 1.71. The summed E-state index contributed by atoms with van der Waals surface area (Å²) >= 11 is 1.56. The van der Waals surface area contributed by atoms with Crippen molar-refractivity contribution < 1.29 is 9.59 Å². The van der Waals surface area contributed by atoms with Crippen LogP contribution in [0.1, 0.15) is 11.8 Å². The van der Waals surface area contributed by atoms with E-state index in [1.165, 1.54) is 0 Å². The van der Waals surface area contributed by atoms with Gasteiger partial charge in [-0.05, 0) is 18.4 Å². The second-order valence-corrected chi connectivity index (χ2v) is 4.18. The Balaban J connectivity index is 2.15. The number of imide groups is 1. The zero-order valence-corrected chi connectivity index (χ0v) is 9.08. The number of urea groups is 1. The van der Waals surface area contributed by atoms with E-state index in [1.54, 1.807) is 18.3 Å². The van der Waals surface area contributed by atoms with Gasteiger partial charge in [0.2, 0.25) is 0 Å². The van der Waals surface area contributed by atoms with E-state index in [-0.39, 0.29) is 5.91 Å². The normalized spacial score (nSPS) is 16.1. The molecular formula is C10H10N2O2S. The van der Waals surface area contributed by atoms with E-state index in [9.17, 15) is 9.59 Å². The molecule has 0 unspecified atom stereocenters. The lowest BCUT2D eigenvalue weighted by Gasteiger charge is -2.08. The predicted molar refractivity (Wildman–Crippen MR) is 58.2 cm³/mol. The van der Waals surface area contributed by atoms with Crippen LogP contribution in [0.15, 0.2) is 22.5 Å². The molecule has 0 fully saturated rings. The number of hydrogen-bond acceptors (Lipinski definition) is 3. The monoisotopic (exact) mass is 222 g/mol. The number of amides is 3. The van der Waals surface area contributed by atoms with Gasteiger partial charge in [0, 0.05) is 17.8 Å². The Kier molecular flexibility index (Phi) is 2.64. The fourth-order valence-corrected chi connectivity index (χ4v) is 2.15. The molecule has 0 radical (unpaired) electrons. The SMILES string of the molecule is CCN1C(=O)N=C(Cc2cccs2)C1=O. The summed E-state index contributed by atoms with van der Waals surface area (Å²) in [6.07, 6.45) is 0.457. The van der Waals surface area contributed by atoms with Crippen LogP contribution < -0.4 is 0 Å². The second kappa shape index (κ2) is 3.94. The van der Waals surface area contributed by atoms with Crippen LogP contribution >= 0.6 is 11.3 Å². The molecule has 0 aromatic carbocycles. The van der Waals surface area contributed by atoms with E-state index < -0.39 is 6.03 Å². The summed E-state index contributed by atoms with van der Waals surface area (Å²) in [6.45, 7) is 2.15. The van der Waals surface area contributed by atoms with Crippen molar-refractivity contribution in [3.63, 3.8) is 0 Å². The molecule has 1 aromatic rings. The lowest BCUT2D eigenvalue weighted by atomic mass is 10.2. The molecule has 0 spiro atoms. The molecule has 0 N–H and O–H groups in total. The average molecular weight is 222 g/mol. The quantitative estimate of drug-likeness (QED) is 0.781. The lowest BCUT2D eigenvalue weighted by Crippen LogP contribution is -2.32. The summed E-state index contributed by atoms with van der Waals surface area (Å²) in [4.78, 5) is 28.9. The molecule has 1 aliphatic heterocycles. The number of nitrogens with zero attached hydrogens (tertiary/aromatic N) is 2. The molecule has 15 heavy (non-hydrogen) atoms. The van der Waals surface area contributed by atoms with Gasteiger partial charge in [0.15, 0.2) is 0 Å². The Labute approximate surface area is 91.2 Å². The third-order valence-electron chi connectivity index (χ3n) is 2.19. The fourth-order valence-electron chi connectivity index (χ4n) is 1.44. The minimum Gasteiger partial charge on any atom is -0.267 e. The molecule has 0 saturated carbocycles. The first-order chi connectivity index (χ1) is 7.22. The van der Waals surface area contributed by atoms with Crippen molar-refractivity contribution >= 4 is 29.0 Å². The van der Waals surface area contributed by atoms with Crippen LogP contribution in [0.2, 0.25) is 0 Å². The van der Waals surface area contributed by atoms with Crippen molar-refractivity contribution in [2.75, 3.05) is 6.54 Å². The Morgan fingerprint density at radius 3 is 2.80 bits per heavy atom. The molecule has 78 valence electrons. The van der Waals surface area contributed by atoms with E-state index >= 15 is 0 Å². The van der Waals surface area contributed by atoms with Gasteiger partial charge in [-0.3, -0.25) is 9.69 Å². The number of carbonyl (C=O) groups excluding carboxylic acids is 2. The third-order valence-corrected chi connectivity index (χ3v) is 3.07. The number of hydrogen-bond donors (Lipinski definition) is 0. The fraction of sp³-hybridized carbons (Fsp3) is 0.300. The Morgan fingerprint density at radius 2 is 2.27 bits per heavy atom. The van der Waals surface area contributed by atoms with Crippen LogP contribution in [0.5, 0.6) is 0 Å². The van der Waals surface area contributed by atoms with Crippen LogP contribution in [0.4, 0.5) is 4.79 Å². The largest absolute Gasteiger partial charge is 0.350 e. The third kappa shape index (κ3) is 1.83. The van der Waals surface area contributed by atoms with E-state index in [1.807, 2.05) is 17.5 Å². The van der Waals surface area contributed by atoms with Crippen molar-refractivity contribution in [3.8, 4) is 0 Å². The lowest BCUT2D eigenvalue weighted by molar-refractivity contribution is -0.120. The molecule has 4 nitrogen and oxygen atoms in total. The smallest absolute Gasteiger partial charge is 0.267 e. The first-order valence-electron chi connectivity index (χ1n) is 4.68. The van der Waals surface area contributed by atoms with Gasteiger partial charge in [0.1, 0.15) is 5.71 Å². The molecule has 0 bridgehead atoms. The second-order valence-electron chi connectivity index (χ2n) is 3.15. The molecule has 0 aliphatic carbocycles. The topological polar surface area (TPSA) is 49.7 Å². The van der Waals surface area contributed by atoms with Gasteiger partial charge in [0.25, 0.3) is 5.91 Å². The van der Waals surface area contributed by atoms with Crippen molar-refractivity contribution in [1.29, 1.82) is 0 Å². The molecule has 0 saturated heterocycles. The van der Waals surface area contributed by atoms with Crippen LogP contribution in [-0.4, -0.2) is 29.1 Å². The number of rotatable bonds is 3. The maximum absolute atomic E-state index is 11.7. The van der Waals surface area contributed by atoms with Crippen LogP contribution in [0.25, 0.3) is 0 Å². The van der Waals surface area contributed by atoms with E-state index in [0.29, 0.717) is 18.7 Å². The van der Waals surface area contributed by atoms with E-state index in [2.05, 4.69) is 4.99 Å². The van der Waals surface area contributed by atoms with Crippen LogP contribution in [-0.2, 0) is 11.2 Å². The molecule has 2 heterocycles. The summed E-state index contributed by atoms with van der Waals surface area (Å²) < 4.78 is 0. The molecule has 2 rings (SSSR count). The van der Waals surface area contributed by atoms with E-state index in [0.717, 1.165) is 9.78 Å². The molecule has 0 atom stereocenters. The van der Waals surface area contributed by atoms with Crippen molar-refractivity contribution in [1.82, 2.24) is 4.90 Å². The number of carbonyl (C=O) groups is 2. The van der Waals surface area contributed by atoms with Gasteiger partial charge >= 0.3 is 6.03 Å². The zero-order chi connectivity index (χ0) is 10.8. The molecular weight excluding hydrogens is 212 g/mol. The first-order valence-corrected chi connectivity index (χ1v) is 5.56. The number of aliphatic imine (C=N–C) groups is 1. The minimum absolute atomic E-state index is 0.254. The molecule has 1 aliphatic rings. The minimum atomic E-state index is -0.436. The van der Waals surface area contributed by atoms with Crippen molar-refractivity contribution in [2.24, 2.45) is 4.99 Å². The molecule has 3 amide bonds. The summed E-state index contributed by atoms with van der Waals surface area (Å²) in [5.41, 5.74) is 0.351.